The van der Waals surface area contributed by atoms with Gasteiger partial charge in [0, 0.05) is 43.0 Å². The van der Waals surface area contributed by atoms with Crippen LogP contribution in [0.15, 0.2) is 36.0 Å². The summed E-state index contributed by atoms with van der Waals surface area (Å²) in [6.07, 6.45) is 3.57. The Balaban J connectivity index is 1.52. The maximum absolute atomic E-state index is 13.1. The highest BCUT2D eigenvalue weighted by Crippen LogP contribution is 2.36. The van der Waals surface area contributed by atoms with E-state index < -0.39 is 5.41 Å². The van der Waals surface area contributed by atoms with Gasteiger partial charge in [-0.1, -0.05) is 17.7 Å². The molecule has 0 bridgehead atoms. The molecular formula is C22H26ClN3O4S. The van der Waals surface area contributed by atoms with Gasteiger partial charge in [-0.2, -0.15) is 0 Å². The SMILES string of the molecule is O=C(C[C@]1(COc2cccc(Cl)c2)CCCN(C(=O)c2cncs2)C1)N1CCOCC1. The molecule has 31 heavy (non-hydrogen) atoms. The van der Waals surface area contributed by atoms with Crippen LogP contribution in [-0.2, 0) is 9.53 Å². The number of likely N-dealkylation sites (tertiary alicyclic amines) is 1. The number of hydrogen-bond donors (Lipinski definition) is 0. The van der Waals surface area contributed by atoms with Gasteiger partial charge in [0.15, 0.2) is 0 Å². The van der Waals surface area contributed by atoms with E-state index in [1.165, 1.54) is 11.3 Å². The normalized spacial score (nSPS) is 21.7. The summed E-state index contributed by atoms with van der Waals surface area (Å²) >= 11 is 7.43. The molecule has 2 aromatic rings. The van der Waals surface area contributed by atoms with Gasteiger partial charge in [0.1, 0.15) is 10.6 Å². The predicted molar refractivity (Wildman–Crippen MR) is 119 cm³/mol. The van der Waals surface area contributed by atoms with Crippen LogP contribution in [0.25, 0.3) is 0 Å². The van der Waals surface area contributed by atoms with Gasteiger partial charge in [-0.25, -0.2) is 0 Å². The molecule has 2 aliphatic heterocycles. The van der Waals surface area contributed by atoms with E-state index in [-0.39, 0.29) is 11.8 Å². The average molecular weight is 464 g/mol. The molecule has 2 saturated heterocycles. The van der Waals surface area contributed by atoms with Crippen LogP contribution in [0.1, 0.15) is 28.9 Å². The number of amides is 2. The molecule has 1 aromatic carbocycles. The Labute approximate surface area is 190 Å². The number of nitrogens with zero attached hydrogens (tertiary/aromatic N) is 3. The van der Waals surface area contributed by atoms with Gasteiger partial charge < -0.3 is 19.3 Å². The number of carbonyl (C=O) groups is 2. The number of ether oxygens (including phenoxy) is 2. The summed E-state index contributed by atoms with van der Waals surface area (Å²) in [5, 5.41) is 0.599. The molecule has 0 spiro atoms. The number of aromatic nitrogens is 1. The molecular weight excluding hydrogens is 438 g/mol. The first-order valence-electron chi connectivity index (χ1n) is 10.5. The van der Waals surface area contributed by atoms with Gasteiger partial charge in [-0.3, -0.25) is 14.6 Å². The minimum atomic E-state index is -0.462. The highest BCUT2D eigenvalue weighted by atomic mass is 35.5. The van der Waals surface area contributed by atoms with E-state index in [4.69, 9.17) is 21.1 Å². The van der Waals surface area contributed by atoms with Crippen LogP contribution in [0.5, 0.6) is 5.75 Å². The lowest BCUT2D eigenvalue weighted by molar-refractivity contribution is -0.139. The van der Waals surface area contributed by atoms with Crippen molar-refractivity contribution in [3.05, 3.63) is 45.9 Å². The smallest absolute Gasteiger partial charge is 0.265 e. The Morgan fingerprint density at radius 1 is 1.23 bits per heavy atom. The summed E-state index contributed by atoms with van der Waals surface area (Å²) in [6, 6.07) is 7.25. The minimum absolute atomic E-state index is 0.0341. The zero-order chi connectivity index (χ0) is 21.7. The maximum atomic E-state index is 13.1. The van der Waals surface area contributed by atoms with Crippen molar-refractivity contribution >= 4 is 34.8 Å². The number of halogens is 1. The van der Waals surface area contributed by atoms with Crippen LogP contribution >= 0.6 is 22.9 Å². The second-order valence-electron chi connectivity index (χ2n) is 8.11. The van der Waals surface area contributed by atoms with Gasteiger partial charge in [-0.15, -0.1) is 11.3 Å². The summed E-state index contributed by atoms with van der Waals surface area (Å²) in [4.78, 5) is 34.4. The second-order valence-corrected chi connectivity index (χ2v) is 9.43. The molecule has 0 radical (unpaired) electrons. The van der Waals surface area contributed by atoms with Crippen molar-refractivity contribution in [3.8, 4) is 5.75 Å². The van der Waals surface area contributed by atoms with Crippen molar-refractivity contribution in [2.75, 3.05) is 46.0 Å². The molecule has 0 saturated carbocycles. The molecule has 0 aliphatic carbocycles. The number of carbonyl (C=O) groups excluding carboxylic acids is 2. The third kappa shape index (κ3) is 5.56. The largest absolute Gasteiger partial charge is 0.493 e. The Kier molecular flexibility index (Phi) is 7.09. The van der Waals surface area contributed by atoms with E-state index in [1.807, 2.05) is 21.9 Å². The highest BCUT2D eigenvalue weighted by molar-refractivity contribution is 7.11. The van der Waals surface area contributed by atoms with E-state index in [2.05, 4.69) is 4.98 Å². The Morgan fingerprint density at radius 2 is 2.06 bits per heavy atom. The van der Waals surface area contributed by atoms with Crippen LogP contribution in [0.2, 0.25) is 5.02 Å². The third-order valence-electron chi connectivity index (χ3n) is 5.82. The van der Waals surface area contributed by atoms with Crippen molar-refractivity contribution in [2.24, 2.45) is 5.41 Å². The number of hydrogen-bond acceptors (Lipinski definition) is 6. The minimum Gasteiger partial charge on any atom is -0.493 e. The molecule has 0 unspecified atom stereocenters. The summed E-state index contributed by atoms with van der Waals surface area (Å²) in [7, 11) is 0. The van der Waals surface area contributed by atoms with Crippen LogP contribution in [0, 0.1) is 5.41 Å². The van der Waals surface area contributed by atoms with Crippen molar-refractivity contribution in [2.45, 2.75) is 19.3 Å². The summed E-state index contributed by atoms with van der Waals surface area (Å²) in [5.74, 6) is 0.717. The lowest BCUT2D eigenvalue weighted by atomic mass is 9.77. The number of piperidine rings is 1. The number of morpholine rings is 1. The van der Waals surface area contributed by atoms with Crippen molar-refractivity contribution in [3.63, 3.8) is 0 Å². The zero-order valence-corrected chi connectivity index (χ0v) is 18.9. The lowest BCUT2D eigenvalue weighted by Gasteiger charge is -2.43. The fourth-order valence-corrected chi connectivity index (χ4v) is 4.98. The Bertz CT molecular complexity index is 904. The van der Waals surface area contributed by atoms with Crippen LogP contribution < -0.4 is 4.74 Å². The monoisotopic (exact) mass is 463 g/mol. The van der Waals surface area contributed by atoms with Gasteiger partial charge in [0.25, 0.3) is 5.91 Å². The van der Waals surface area contributed by atoms with E-state index in [9.17, 15) is 9.59 Å². The van der Waals surface area contributed by atoms with Gasteiger partial charge in [0.2, 0.25) is 5.91 Å². The topological polar surface area (TPSA) is 72.0 Å². The fraction of sp³-hybridized carbons (Fsp3) is 0.500. The molecule has 1 atom stereocenters. The summed E-state index contributed by atoms with van der Waals surface area (Å²) in [5.41, 5.74) is 1.20. The zero-order valence-electron chi connectivity index (χ0n) is 17.3. The van der Waals surface area contributed by atoms with E-state index >= 15 is 0 Å². The molecule has 3 heterocycles. The molecule has 7 nitrogen and oxygen atoms in total. The summed E-state index contributed by atoms with van der Waals surface area (Å²) in [6.45, 7) is 3.82. The number of rotatable bonds is 6. The first-order chi connectivity index (χ1) is 15.0. The van der Waals surface area contributed by atoms with Crippen LogP contribution in [-0.4, -0.2) is 72.6 Å². The second kappa shape index (κ2) is 9.97. The van der Waals surface area contributed by atoms with Gasteiger partial charge >= 0.3 is 0 Å². The molecule has 166 valence electrons. The van der Waals surface area contributed by atoms with Crippen LogP contribution in [0.4, 0.5) is 0 Å². The van der Waals surface area contributed by atoms with E-state index in [1.54, 1.807) is 23.8 Å². The average Bonchev–Trinajstić information content (AvgIpc) is 3.33. The molecule has 1 aromatic heterocycles. The molecule has 9 heteroatoms. The van der Waals surface area contributed by atoms with Crippen molar-refractivity contribution in [1.82, 2.24) is 14.8 Å². The van der Waals surface area contributed by atoms with E-state index in [0.29, 0.717) is 68.1 Å². The Hall–Kier alpha value is -2.16. The molecule has 2 fully saturated rings. The third-order valence-corrected chi connectivity index (χ3v) is 6.82. The van der Waals surface area contributed by atoms with Crippen molar-refractivity contribution < 1.29 is 19.1 Å². The predicted octanol–water partition coefficient (Wildman–Crippen LogP) is 3.35. The number of thiazole rings is 1. The van der Waals surface area contributed by atoms with Crippen LogP contribution in [0.3, 0.4) is 0 Å². The maximum Gasteiger partial charge on any atom is 0.265 e. The highest BCUT2D eigenvalue weighted by Gasteiger charge is 2.41. The fourth-order valence-electron chi connectivity index (χ4n) is 4.21. The lowest BCUT2D eigenvalue weighted by Crippen LogP contribution is -2.51. The molecule has 0 N–H and O–H groups in total. The first kappa shape index (κ1) is 22.0. The van der Waals surface area contributed by atoms with Gasteiger partial charge in [0.05, 0.1) is 31.5 Å². The summed E-state index contributed by atoms with van der Waals surface area (Å²) < 4.78 is 11.5. The molecule has 4 rings (SSSR count). The Morgan fingerprint density at radius 3 is 2.81 bits per heavy atom. The van der Waals surface area contributed by atoms with Crippen molar-refractivity contribution in [1.29, 1.82) is 0 Å². The number of benzene rings is 1. The van der Waals surface area contributed by atoms with E-state index in [0.717, 1.165) is 12.8 Å². The first-order valence-corrected chi connectivity index (χ1v) is 11.7. The molecule has 2 amide bonds. The standard InChI is InChI=1S/C22H26ClN3O4S/c23-17-3-1-4-18(11-17)30-15-22(12-20(27)25-7-9-29-10-8-25)5-2-6-26(14-22)21(28)19-13-24-16-31-19/h1,3-4,11,13,16H,2,5-10,12,14-15H2/t22-/m1/s1. The molecule has 2 aliphatic rings. The van der Waals surface area contributed by atoms with Gasteiger partial charge in [-0.05, 0) is 31.0 Å². The quantitative estimate of drug-likeness (QED) is 0.657.